The maximum atomic E-state index is 12.1. The number of thioether (sulfide) groups is 1. The summed E-state index contributed by atoms with van der Waals surface area (Å²) in [5, 5.41) is 5.65. The van der Waals surface area contributed by atoms with Gasteiger partial charge < -0.3 is 15.4 Å². The molecule has 0 aromatic heterocycles. The number of hydrogen-bond donors (Lipinski definition) is 2. The van der Waals surface area contributed by atoms with E-state index in [1.807, 2.05) is 49.4 Å². The lowest BCUT2D eigenvalue weighted by Crippen LogP contribution is -2.18. The van der Waals surface area contributed by atoms with Gasteiger partial charge in [0, 0.05) is 5.69 Å². The summed E-state index contributed by atoms with van der Waals surface area (Å²) < 4.78 is 5.24. The van der Waals surface area contributed by atoms with Gasteiger partial charge in [-0.15, -0.1) is 11.8 Å². The van der Waals surface area contributed by atoms with Crippen LogP contribution in [0.2, 0.25) is 0 Å². The number of ether oxygens (including phenoxy) is 1. The quantitative estimate of drug-likeness (QED) is 0.738. The van der Waals surface area contributed by atoms with E-state index in [9.17, 15) is 9.59 Å². The number of carbonyl (C=O) groups excluding carboxylic acids is 2. The molecule has 0 radical (unpaired) electrons. The van der Waals surface area contributed by atoms with Crippen LogP contribution in [0.5, 0.6) is 5.75 Å². The molecule has 0 aliphatic heterocycles. The lowest BCUT2D eigenvalue weighted by molar-refractivity contribution is -0.114. The number of methoxy groups -OCH3 is 1. The van der Waals surface area contributed by atoms with E-state index in [0.717, 1.165) is 17.7 Å². The van der Waals surface area contributed by atoms with Gasteiger partial charge in [0.1, 0.15) is 5.75 Å². The van der Waals surface area contributed by atoms with Crippen molar-refractivity contribution in [2.45, 2.75) is 20.3 Å². The summed E-state index contributed by atoms with van der Waals surface area (Å²) in [7, 11) is 1.56. The molecule has 0 unspecified atom stereocenters. The Hall–Kier alpha value is -2.47. The van der Waals surface area contributed by atoms with Crippen molar-refractivity contribution in [3.05, 3.63) is 53.6 Å². The first-order chi connectivity index (χ1) is 12.5. The third kappa shape index (κ3) is 6.11. The zero-order valence-corrected chi connectivity index (χ0v) is 16.1. The van der Waals surface area contributed by atoms with Crippen LogP contribution < -0.4 is 15.4 Å². The molecule has 26 heavy (non-hydrogen) atoms. The highest BCUT2D eigenvalue weighted by Crippen LogP contribution is 2.25. The first-order valence-electron chi connectivity index (χ1n) is 8.43. The average Bonchev–Trinajstić information content (AvgIpc) is 2.62. The smallest absolute Gasteiger partial charge is 0.234 e. The Morgan fingerprint density at radius 3 is 2.27 bits per heavy atom. The van der Waals surface area contributed by atoms with Crippen LogP contribution in [-0.4, -0.2) is 30.4 Å². The molecule has 0 saturated carbocycles. The number of amides is 2. The molecule has 0 fully saturated rings. The lowest BCUT2D eigenvalue weighted by atomic mass is 10.1. The third-order valence-corrected chi connectivity index (χ3v) is 4.67. The number of hydrogen-bond acceptors (Lipinski definition) is 4. The van der Waals surface area contributed by atoms with Crippen molar-refractivity contribution in [2.24, 2.45) is 0 Å². The molecule has 138 valence electrons. The molecule has 5 nitrogen and oxygen atoms in total. The van der Waals surface area contributed by atoms with Crippen LogP contribution in [0.1, 0.15) is 18.1 Å². The molecule has 2 aromatic rings. The van der Waals surface area contributed by atoms with Crippen molar-refractivity contribution in [1.82, 2.24) is 0 Å². The fraction of sp³-hybridized carbons (Fsp3) is 0.300. The predicted molar refractivity (Wildman–Crippen MR) is 108 cm³/mol. The molecule has 0 atom stereocenters. The number of nitrogens with one attached hydrogen (secondary N) is 2. The van der Waals surface area contributed by atoms with Gasteiger partial charge in [0.2, 0.25) is 11.8 Å². The monoisotopic (exact) mass is 372 g/mol. The van der Waals surface area contributed by atoms with Crippen molar-refractivity contribution in [2.75, 3.05) is 29.2 Å². The molecule has 6 heteroatoms. The Morgan fingerprint density at radius 2 is 1.65 bits per heavy atom. The van der Waals surface area contributed by atoms with Gasteiger partial charge in [-0.1, -0.05) is 25.1 Å². The Morgan fingerprint density at radius 1 is 1.00 bits per heavy atom. The van der Waals surface area contributed by atoms with Gasteiger partial charge in [-0.3, -0.25) is 9.59 Å². The fourth-order valence-electron chi connectivity index (χ4n) is 2.36. The van der Waals surface area contributed by atoms with E-state index in [1.165, 1.54) is 17.3 Å². The molecule has 2 rings (SSSR count). The van der Waals surface area contributed by atoms with Gasteiger partial charge in [0.15, 0.2) is 0 Å². The van der Waals surface area contributed by atoms with Crippen LogP contribution >= 0.6 is 11.8 Å². The van der Waals surface area contributed by atoms with Crippen LogP contribution in [0.25, 0.3) is 0 Å². The first kappa shape index (κ1) is 19.8. The van der Waals surface area contributed by atoms with Gasteiger partial charge in [-0.2, -0.15) is 0 Å². The largest absolute Gasteiger partial charge is 0.495 e. The summed E-state index contributed by atoms with van der Waals surface area (Å²) in [5.74, 6) is 0.731. The van der Waals surface area contributed by atoms with E-state index in [-0.39, 0.29) is 23.3 Å². The summed E-state index contributed by atoms with van der Waals surface area (Å²) in [6.45, 7) is 4.03. The number of rotatable bonds is 8. The summed E-state index contributed by atoms with van der Waals surface area (Å²) in [6, 6.07) is 13.3. The van der Waals surface area contributed by atoms with Crippen LogP contribution in [0, 0.1) is 6.92 Å². The second-order valence-corrected chi connectivity index (χ2v) is 6.83. The van der Waals surface area contributed by atoms with E-state index in [1.54, 1.807) is 7.11 Å². The molecular formula is C20H24N2O3S. The van der Waals surface area contributed by atoms with Crippen LogP contribution in [0.3, 0.4) is 0 Å². The number of aryl methyl sites for hydroxylation is 2. The third-order valence-electron chi connectivity index (χ3n) is 3.74. The van der Waals surface area contributed by atoms with Gasteiger partial charge in [-0.25, -0.2) is 0 Å². The van der Waals surface area contributed by atoms with Gasteiger partial charge >= 0.3 is 0 Å². The summed E-state index contributed by atoms with van der Waals surface area (Å²) in [6.07, 6.45) is 0.963. The second kappa shape index (κ2) is 9.87. The Balaban J connectivity index is 1.77. The molecule has 0 aliphatic rings. The molecule has 2 N–H and O–H groups in total. The van der Waals surface area contributed by atoms with E-state index < -0.39 is 0 Å². The standard InChI is InChI=1S/C20H24N2O3S/c1-4-15-6-8-16(9-7-15)21-19(23)12-26-13-20(24)22-17-11-14(2)5-10-18(17)25-3/h5-11H,4,12-13H2,1-3H3,(H,21,23)(H,22,24). The highest BCUT2D eigenvalue weighted by molar-refractivity contribution is 8.00. The van der Waals surface area contributed by atoms with Crippen molar-refractivity contribution in [1.29, 1.82) is 0 Å². The average molecular weight is 372 g/mol. The van der Waals surface area contributed by atoms with Crippen LogP contribution in [-0.2, 0) is 16.0 Å². The molecule has 0 bridgehead atoms. The van der Waals surface area contributed by atoms with E-state index in [4.69, 9.17) is 4.74 Å². The first-order valence-corrected chi connectivity index (χ1v) is 9.58. The maximum Gasteiger partial charge on any atom is 0.234 e. The molecular weight excluding hydrogens is 348 g/mol. The summed E-state index contributed by atoms with van der Waals surface area (Å²) in [5.41, 5.74) is 3.66. The highest BCUT2D eigenvalue weighted by Gasteiger charge is 2.09. The van der Waals surface area contributed by atoms with E-state index >= 15 is 0 Å². The van der Waals surface area contributed by atoms with Crippen molar-refractivity contribution < 1.29 is 14.3 Å². The van der Waals surface area contributed by atoms with E-state index in [0.29, 0.717) is 11.4 Å². The fourth-order valence-corrected chi connectivity index (χ4v) is 2.98. The lowest BCUT2D eigenvalue weighted by Gasteiger charge is -2.11. The highest BCUT2D eigenvalue weighted by atomic mass is 32.2. The predicted octanol–water partition coefficient (Wildman–Crippen LogP) is 3.88. The molecule has 2 aromatic carbocycles. The molecule has 2 amide bonds. The minimum absolute atomic E-state index is 0.125. The zero-order chi connectivity index (χ0) is 18.9. The van der Waals surface area contributed by atoms with Crippen LogP contribution in [0.4, 0.5) is 11.4 Å². The van der Waals surface area contributed by atoms with Gasteiger partial charge in [-0.05, 0) is 48.7 Å². The van der Waals surface area contributed by atoms with Crippen molar-refractivity contribution in [3.8, 4) is 5.75 Å². The number of carbonyl (C=O) groups is 2. The van der Waals surface area contributed by atoms with E-state index in [2.05, 4.69) is 17.6 Å². The molecule has 0 spiro atoms. The van der Waals surface area contributed by atoms with Crippen LogP contribution in [0.15, 0.2) is 42.5 Å². The topological polar surface area (TPSA) is 67.4 Å². The molecule has 0 saturated heterocycles. The maximum absolute atomic E-state index is 12.1. The Labute approximate surface area is 158 Å². The Kier molecular flexibility index (Phi) is 7.53. The molecule has 0 aliphatic carbocycles. The van der Waals surface area contributed by atoms with Gasteiger partial charge in [0.25, 0.3) is 0 Å². The second-order valence-electron chi connectivity index (χ2n) is 5.84. The summed E-state index contributed by atoms with van der Waals surface area (Å²) >= 11 is 1.27. The summed E-state index contributed by atoms with van der Waals surface area (Å²) in [4.78, 5) is 24.1. The number of benzene rings is 2. The number of anilines is 2. The normalized spacial score (nSPS) is 10.3. The molecule has 0 heterocycles. The SMILES string of the molecule is CCc1ccc(NC(=O)CSCC(=O)Nc2cc(C)ccc2OC)cc1. The minimum Gasteiger partial charge on any atom is -0.495 e. The van der Waals surface area contributed by atoms with Crippen molar-refractivity contribution in [3.63, 3.8) is 0 Å². The van der Waals surface area contributed by atoms with Gasteiger partial charge in [0.05, 0.1) is 24.3 Å². The minimum atomic E-state index is -0.168. The Bertz CT molecular complexity index is 760. The van der Waals surface area contributed by atoms with Crippen molar-refractivity contribution >= 4 is 35.0 Å². The zero-order valence-electron chi connectivity index (χ0n) is 15.3.